The van der Waals surface area contributed by atoms with Crippen molar-refractivity contribution in [3.63, 3.8) is 0 Å². The average Bonchev–Trinajstić information content (AvgIpc) is 2.31. The molecular formula is C10H12N4O. The Morgan fingerprint density at radius 2 is 2.07 bits per heavy atom. The number of nitrogens with two attached hydrogens (primary N) is 1. The van der Waals surface area contributed by atoms with Crippen molar-refractivity contribution < 1.29 is 4.79 Å². The molecular weight excluding hydrogens is 192 g/mol. The number of allylic oxidation sites excluding steroid dienone is 2. The van der Waals surface area contributed by atoms with E-state index in [0.717, 1.165) is 0 Å². The molecule has 15 heavy (non-hydrogen) atoms. The first-order valence-corrected chi connectivity index (χ1v) is 4.37. The molecule has 0 amide bonds. The number of nitrogens with one attached hydrogen (secondary N) is 1. The molecule has 0 atom stereocenters. The average molecular weight is 204 g/mol. The van der Waals surface area contributed by atoms with Crippen LogP contribution in [0.25, 0.3) is 0 Å². The molecule has 0 aliphatic rings. The highest BCUT2D eigenvalue weighted by molar-refractivity contribution is 5.73. The molecule has 0 heterocycles. The van der Waals surface area contributed by atoms with Gasteiger partial charge in [0.05, 0.1) is 11.4 Å². The summed E-state index contributed by atoms with van der Waals surface area (Å²) in [5, 5.41) is 7.66. The highest BCUT2D eigenvalue weighted by atomic mass is 16.1. The van der Waals surface area contributed by atoms with Gasteiger partial charge in [0.25, 0.3) is 0 Å². The van der Waals surface area contributed by atoms with Gasteiger partial charge in [-0.1, -0.05) is 18.2 Å². The van der Waals surface area contributed by atoms with Gasteiger partial charge in [0.15, 0.2) is 6.29 Å². The number of hydrogen-bond donors (Lipinski definition) is 2. The van der Waals surface area contributed by atoms with Gasteiger partial charge in [0.2, 0.25) is 0 Å². The molecule has 5 nitrogen and oxygen atoms in total. The molecule has 0 fully saturated rings. The van der Waals surface area contributed by atoms with E-state index >= 15 is 0 Å². The number of aldehydes is 1. The van der Waals surface area contributed by atoms with Crippen LogP contribution in [-0.2, 0) is 4.79 Å². The Morgan fingerprint density at radius 3 is 2.60 bits per heavy atom. The van der Waals surface area contributed by atoms with Crippen molar-refractivity contribution in [1.29, 1.82) is 0 Å². The van der Waals surface area contributed by atoms with E-state index in [-0.39, 0.29) is 5.70 Å². The van der Waals surface area contributed by atoms with Gasteiger partial charge in [-0.25, -0.2) is 0 Å². The van der Waals surface area contributed by atoms with Crippen LogP contribution in [0.15, 0.2) is 52.0 Å². The van der Waals surface area contributed by atoms with Crippen molar-refractivity contribution in [2.75, 3.05) is 0 Å². The summed E-state index contributed by atoms with van der Waals surface area (Å²) in [7, 11) is 0. The molecule has 0 unspecified atom stereocenters. The summed E-state index contributed by atoms with van der Waals surface area (Å²) in [6.07, 6.45) is 0.599. The zero-order valence-electron chi connectivity index (χ0n) is 8.34. The number of hydrazine groups is 1. The van der Waals surface area contributed by atoms with Crippen LogP contribution in [-0.4, -0.2) is 6.29 Å². The fourth-order valence-electron chi connectivity index (χ4n) is 0.867. The first-order valence-electron chi connectivity index (χ1n) is 4.37. The molecule has 0 bridgehead atoms. The summed E-state index contributed by atoms with van der Waals surface area (Å²) in [6, 6.07) is 9.13. The van der Waals surface area contributed by atoms with Crippen LogP contribution in [0.4, 0.5) is 5.69 Å². The first-order chi connectivity index (χ1) is 7.27. The molecule has 0 aromatic heterocycles. The first kappa shape index (κ1) is 11.1. The Balaban J connectivity index is 2.85. The molecule has 0 saturated carbocycles. The van der Waals surface area contributed by atoms with Gasteiger partial charge in [0, 0.05) is 0 Å². The fourth-order valence-corrected chi connectivity index (χ4v) is 0.867. The Morgan fingerprint density at radius 1 is 1.40 bits per heavy atom. The lowest BCUT2D eigenvalue weighted by Crippen LogP contribution is -2.20. The van der Waals surface area contributed by atoms with Gasteiger partial charge in [-0.15, -0.1) is 5.11 Å². The zero-order valence-corrected chi connectivity index (χ0v) is 8.34. The van der Waals surface area contributed by atoms with Crippen molar-refractivity contribution in [2.45, 2.75) is 6.92 Å². The Kier molecular flexibility index (Phi) is 4.18. The number of hydrogen-bond acceptors (Lipinski definition) is 5. The van der Waals surface area contributed by atoms with E-state index in [0.29, 0.717) is 17.7 Å². The normalized spacial score (nSPS) is 12.4. The smallest absolute Gasteiger partial charge is 0.172 e. The second-order valence-electron chi connectivity index (χ2n) is 2.81. The molecule has 5 heteroatoms. The van der Waals surface area contributed by atoms with Crippen molar-refractivity contribution in [3.8, 4) is 0 Å². The fraction of sp³-hybridized carbons (Fsp3) is 0.100. The molecule has 3 N–H and O–H groups in total. The van der Waals surface area contributed by atoms with Crippen LogP contribution in [0.1, 0.15) is 6.92 Å². The SMILES string of the molecule is C/C(NN)=C(/C=O)N=Nc1ccccc1. The van der Waals surface area contributed by atoms with Crippen molar-refractivity contribution in [2.24, 2.45) is 16.1 Å². The second-order valence-corrected chi connectivity index (χ2v) is 2.81. The summed E-state index contributed by atoms with van der Waals surface area (Å²) in [5.41, 5.74) is 3.69. The molecule has 0 aliphatic heterocycles. The molecule has 0 saturated heterocycles. The maximum Gasteiger partial charge on any atom is 0.172 e. The van der Waals surface area contributed by atoms with Crippen LogP contribution in [0.2, 0.25) is 0 Å². The lowest BCUT2D eigenvalue weighted by molar-refractivity contribution is -0.105. The summed E-state index contributed by atoms with van der Waals surface area (Å²) >= 11 is 0. The highest BCUT2D eigenvalue weighted by Gasteiger charge is 1.97. The number of azo groups is 1. The van der Waals surface area contributed by atoms with E-state index in [1.54, 1.807) is 19.1 Å². The molecule has 78 valence electrons. The maximum atomic E-state index is 10.6. The summed E-state index contributed by atoms with van der Waals surface area (Å²) < 4.78 is 0. The Labute approximate surface area is 87.7 Å². The minimum atomic E-state index is 0.182. The van der Waals surface area contributed by atoms with Crippen LogP contribution in [0.5, 0.6) is 0 Å². The highest BCUT2D eigenvalue weighted by Crippen LogP contribution is 2.12. The molecule has 1 rings (SSSR count). The van der Waals surface area contributed by atoms with Crippen molar-refractivity contribution >= 4 is 12.0 Å². The third-order valence-electron chi connectivity index (χ3n) is 1.74. The summed E-state index contributed by atoms with van der Waals surface area (Å²) in [4.78, 5) is 10.6. The summed E-state index contributed by atoms with van der Waals surface area (Å²) in [6.45, 7) is 1.65. The van der Waals surface area contributed by atoms with Crippen LogP contribution < -0.4 is 11.3 Å². The molecule has 1 aromatic carbocycles. The minimum Gasteiger partial charge on any atom is -0.326 e. The predicted molar refractivity (Wildman–Crippen MR) is 57.0 cm³/mol. The number of benzene rings is 1. The standard InChI is InChI=1S/C10H12N4O/c1-8(12-11)10(7-15)14-13-9-5-3-2-4-6-9/h2-7,12H,11H2,1H3/b10-8+,14-13?. The van der Waals surface area contributed by atoms with Gasteiger partial charge >= 0.3 is 0 Å². The van der Waals surface area contributed by atoms with E-state index in [2.05, 4.69) is 15.7 Å². The lowest BCUT2D eigenvalue weighted by Gasteiger charge is -1.98. The minimum absolute atomic E-state index is 0.182. The monoisotopic (exact) mass is 204 g/mol. The van der Waals surface area contributed by atoms with Crippen LogP contribution in [0.3, 0.4) is 0 Å². The van der Waals surface area contributed by atoms with Crippen LogP contribution in [0, 0.1) is 0 Å². The van der Waals surface area contributed by atoms with Gasteiger partial charge < -0.3 is 5.43 Å². The van der Waals surface area contributed by atoms with E-state index in [4.69, 9.17) is 5.84 Å². The number of carbonyl (C=O) groups excluding carboxylic acids is 1. The molecule has 1 aromatic rings. The molecule has 0 radical (unpaired) electrons. The van der Waals surface area contributed by atoms with Crippen LogP contribution >= 0.6 is 0 Å². The third-order valence-corrected chi connectivity index (χ3v) is 1.74. The van der Waals surface area contributed by atoms with Crippen molar-refractivity contribution in [3.05, 3.63) is 41.7 Å². The second kappa shape index (κ2) is 5.66. The van der Waals surface area contributed by atoms with Gasteiger partial charge in [-0.2, -0.15) is 5.11 Å². The zero-order chi connectivity index (χ0) is 11.1. The lowest BCUT2D eigenvalue weighted by atomic mass is 10.3. The van der Waals surface area contributed by atoms with Crippen molar-refractivity contribution in [1.82, 2.24) is 5.43 Å². The summed E-state index contributed by atoms with van der Waals surface area (Å²) in [5.74, 6) is 5.15. The quantitative estimate of drug-likeness (QED) is 0.257. The Hall–Kier alpha value is -2.01. The van der Waals surface area contributed by atoms with Gasteiger partial charge in [-0.3, -0.25) is 10.6 Å². The number of rotatable bonds is 4. The third kappa shape index (κ3) is 3.32. The van der Waals surface area contributed by atoms with Gasteiger partial charge in [0.1, 0.15) is 5.70 Å². The Bertz CT molecular complexity index is 384. The van der Waals surface area contributed by atoms with E-state index < -0.39 is 0 Å². The predicted octanol–water partition coefficient (Wildman–Crippen LogP) is 1.66. The number of carbonyl (C=O) groups is 1. The molecule has 0 spiro atoms. The van der Waals surface area contributed by atoms with Gasteiger partial charge in [-0.05, 0) is 19.1 Å². The van der Waals surface area contributed by atoms with E-state index in [9.17, 15) is 4.79 Å². The largest absolute Gasteiger partial charge is 0.326 e. The van der Waals surface area contributed by atoms with E-state index in [1.165, 1.54) is 0 Å². The maximum absolute atomic E-state index is 10.6. The topological polar surface area (TPSA) is 79.8 Å². The van der Waals surface area contributed by atoms with E-state index in [1.807, 2.05) is 18.2 Å². The number of nitrogens with zero attached hydrogens (tertiary/aromatic N) is 2. The molecule has 0 aliphatic carbocycles.